The molecule has 2 heterocycles. The number of halogens is 3. The van der Waals surface area contributed by atoms with Gasteiger partial charge in [-0.15, -0.1) is 18.3 Å². The summed E-state index contributed by atoms with van der Waals surface area (Å²) in [5, 5.41) is 8.13. The van der Waals surface area contributed by atoms with Gasteiger partial charge in [0, 0.05) is 28.7 Å². The number of aromatic nitrogens is 3. The van der Waals surface area contributed by atoms with Gasteiger partial charge < -0.3 is 15.0 Å². The minimum Gasteiger partial charge on any atom is -0.406 e. The number of aryl methyl sites for hydroxylation is 2. The molecule has 1 N–H and O–H groups in total. The molecule has 0 aliphatic carbocycles. The first-order chi connectivity index (χ1) is 22.4. The highest BCUT2D eigenvalue weighted by Gasteiger charge is 2.31. The van der Waals surface area contributed by atoms with Gasteiger partial charge in [-0.2, -0.15) is 4.99 Å². The Hall–Kier alpha value is -4.58. The minimum atomic E-state index is -4.75. The molecule has 1 fully saturated rings. The Kier molecular flexibility index (Phi) is 10.4. The molecular weight excluding hydrogens is 625 g/mol. The molecule has 0 spiro atoms. The van der Waals surface area contributed by atoms with E-state index >= 15 is 0 Å². The molecule has 1 atom stereocenters. The summed E-state index contributed by atoms with van der Waals surface area (Å²) in [6.07, 6.45) is -0.272. The summed E-state index contributed by atoms with van der Waals surface area (Å²) in [6.45, 7) is 10.2. The maximum Gasteiger partial charge on any atom is 0.573 e. The molecule has 5 rings (SSSR count). The number of amides is 2. The van der Waals surface area contributed by atoms with Gasteiger partial charge in [-0.3, -0.25) is 0 Å². The normalized spacial score (nSPS) is 16.6. The number of nitrogens with one attached hydrogen (secondary N) is 1. The molecule has 0 radical (unpaired) electrons. The first-order valence-electron chi connectivity index (χ1n) is 15.4. The second-order valence-electron chi connectivity index (χ2n) is 11.4. The minimum absolute atomic E-state index is 0.219. The van der Waals surface area contributed by atoms with Crippen molar-refractivity contribution in [1.82, 2.24) is 20.1 Å². The average molecular weight is 663 g/mol. The molecular formula is C35H37F3N6O2S. The Morgan fingerprint density at radius 2 is 1.81 bits per heavy atom. The first kappa shape index (κ1) is 33.8. The number of allylic oxidation sites excluding steroid dienone is 2. The highest BCUT2D eigenvalue weighted by Crippen LogP contribution is 2.33. The summed E-state index contributed by atoms with van der Waals surface area (Å²) < 4.78 is 42.8. The predicted octanol–water partition coefficient (Wildman–Crippen LogP) is 8.94. The second-order valence-corrected chi connectivity index (χ2v) is 12.5. The number of aliphatic imine (C=N–C) groups is 1. The number of benzene rings is 3. The van der Waals surface area contributed by atoms with E-state index in [1.807, 2.05) is 38.1 Å². The van der Waals surface area contributed by atoms with Gasteiger partial charge in [-0.1, -0.05) is 61.5 Å². The van der Waals surface area contributed by atoms with E-state index in [-0.39, 0.29) is 11.8 Å². The number of amidine groups is 1. The molecule has 0 saturated carbocycles. The standard InChI is InChI=1S/C35H37F3N6O2S/c1-6-7-27-9-8-22(2)20-31(27)44-23(3)18-19-47-34(44)41-33(45)40-25(5)24(4)26-10-12-28(13-11-26)32-39-21-43(42-32)29-14-16-30(17-15-29)46-35(36,37)38/h8-17,20-21,23H,6-7,18-19H2,1-5H3,(H,40,45)/b25-24+,41-34-. The lowest BCUT2D eigenvalue weighted by Gasteiger charge is -2.37. The van der Waals surface area contributed by atoms with Gasteiger partial charge in [-0.25, -0.2) is 14.5 Å². The first-order valence-corrected chi connectivity index (χ1v) is 16.4. The third kappa shape index (κ3) is 8.42. The highest BCUT2D eigenvalue weighted by atomic mass is 32.2. The Morgan fingerprint density at radius 1 is 1.09 bits per heavy atom. The van der Waals surface area contributed by atoms with Crippen LogP contribution in [0.3, 0.4) is 0 Å². The fraction of sp³-hybridized carbons (Fsp3) is 0.314. The molecule has 8 nitrogen and oxygen atoms in total. The lowest BCUT2D eigenvalue weighted by atomic mass is 10.0. The summed E-state index contributed by atoms with van der Waals surface area (Å²) in [4.78, 5) is 24.3. The number of urea groups is 1. The van der Waals surface area contributed by atoms with E-state index in [0.717, 1.165) is 47.4 Å². The zero-order chi connectivity index (χ0) is 33.7. The predicted molar refractivity (Wildman–Crippen MR) is 182 cm³/mol. The highest BCUT2D eigenvalue weighted by molar-refractivity contribution is 8.14. The van der Waals surface area contributed by atoms with Crippen LogP contribution in [0.25, 0.3) is 22.6 Å². The van der Waals surface area contributed by atoms with Crippen LogP contribution in [-0.2, 0) is 6.42 Å². The van der Waals surface area contributed by atoms with Gasteiger partial charge in [0.15, 0.2) is 11.0 Å². The molecule has 0 bridgehead atoms. The smallest absolute Gasteiger partial charge is 0.406 e. The summed E-state index contributed by atoms with van der Waals surface area (Å²) >= 11 is 1.60. The summed E-state index contributed by atoms with van der Waals surface area (Å²) in [6, 6.07) is 19.3. The number of ether oxygens (including phenoxy) is 1. The number of nitrogens with zero attached hydrogens (tertiary/aromatic N) is 5. The van der Waals surface area contributed by atoms with E-state index in [2.05, 4.69) is 69.0 Å². The number of rotatable bonds is 8. The Balaban J connectivity index is 1.29. The van der Waals surface area contributed by atoms with Crippen LogP contribution in [0.1, 0.15) is 57.2 Å². The Labute approximate surface area is 276 Å². The van der Waals surface area contributed by atoms with Crippen LogP contribution in [0.4, 0.5) is 23.7 Å². The summed E-state index contributed by atoms with van der Waals surface area (Å²) in [7, 11) is 0. The van der Waals surface area contributed by atoms with Crippen LogP contribution < -0.4 is 15.0 Å². The van der Waals surface area contributed by atoms with Crippen LogP contribution >= 0.6 is 11.8 Å². The van der Waals surface area contributed by atoms with Gasteiger partial charge >= 0.3 is 12.4 Å². The molecule has 12 heteroatoms. The monoisotopic (exact) mass is 662 g/mol. The van der Waals surface area contributed by atoms with E-state index < -0.39 is 12.4 Å². The molecule has 1 saturated heterocycles. The van der Waals surface area contributed by atoms with Crippen molar-refractivity contribution in [2.24, 2.45) is 4.99 Å². The van der Waals surface area contributed by atoms with Crippen molar-refractivity contribution in [3.8, 4) is 22.8 Å². The van der Waals surface area contributed by atoms with Gasteiger partial charge in [0.2, 0.25) is 0 Å². The Morgan fingerprint density at radius 3 is 2.49 bits per heavy atom. The van der Waals surface area contributed by atoms with Gasteiger partial charge in [-0.05, 0) is 93.1 Å². The SMILES string of the molecule is CCCc1ccc(C)cc1N1/C(=N/C(=O)N/C(C)=C(\C)c2ccc(-c3ncn(-c4ccc(OC(F)(F)F)cc4)n3)cc2)SCCC1C. The van der Waals surface area contributed by atoms with Crippen molar-refractivity contribution in [2.45, 2.75) is 66.3 Å². The number of hydrogen-bond donors (Lipinski definition) is 1. The van der Waals surface area contributed by atoms with E-state index in [9.17, 15) is 18.0 Å². The Bertz CT molecular complexity index is 1780. The van der Waals surface area contributed by atoms with E-state index in [4.69, 9.17) is 0 Å². The summed E-state index contributed by atoms with van der Waals surface area (Å²) in [5.74, 6) is 1.04. The lowest BCUT2D eigenvalue weighted by Crippen LogP contribution is -2.42. The maximum atomic E-state index is 13.2. The van der Waals surface area contributed by atoms with E-state index in [0.29, 0.717) is 22.4 Å². The fourth-order valence-electron chi connectivity index (χ4n) is 5.29. The molecule has 1 aliphatic rings. The zero-order valence-corrected chi connectivity index (χ0v) is 27.7. The number of anilines is 1. The van der Waals surface area contributed by atoms with Crippen molar-refractivity contribution < 1.29 is 22.7 Å². The number of alkyl halides is 3. The van der Waals surface area contributed by atoms with Crippen LogP contribution in [0, 0.1) is 6.92 Å². The maximum absolute atomic E-state index is 13.2. The van der Waals surface area contributed by atoms with Gasteiger partial charge in [0.1, 0.15) is 12.1 Å². The molecule has 1 unspecified atom stereocenters. The summed E-state index contributed by atoms with van der Waals surface area (Å²) in [5.41, 5.74) is 7.32. The molecule has 246 valence electrons. The number of carbonyl (C=O) groups excluding carboxylic acids is 1. The van der Waals surface area contributed by atoms with Crippen molar-refractivity contribution in [1.29, 1.82) is 0 Å². The quantitative estimate of drug-likeness (QED) is 0.203. The third-order valence-corrected chi connectivity index (χ3v) is 8.88. The topological polar surface area (TPSA) is 84.6 Å². The van der Waals surface area contributed by atoms with Crippen molar-refractivity contribution >= 4 is 34.2 Å². The number of carbonyl (C=O) groups is 1. The molecule has 1 aliphatic heterocycles. The second kappa shape index (κ2) is 14.5. The number of thioether (sulfide) groups is 1. The van der Waals surface area contributed by atoms with Gasteiger partial charge in [0.05, 0.1) is 5.69 Å². The molecule has 1 aromatic heterocycles. The molecule has 3 aromatic carbocycles. The molecule has 4 aromatic rings. The van der Waals surface area contributed by atoms with Crippen LogP contribution in [0.2, 0.25) is 0 Å². The lowest BCUT2D eigenvalue weighted by molar-refractivity contribution is -0.274. The zero-order valence-electron chi connectivity index (χ0n) is 26.9. The van der Waals surface area contributed by atoms with E-state index in [1.165, 1.54) is 46.4 Å². The molecule has 2 amide bonds. The van der Waals surface area contributed by atoms with Crippen molar-refractivity contribution in [2.75, 3.05) is 10.7 Å². The van der Waals surface area contributed by atoms with E-state index in [1.54, 1.807) is 11.8 Å². The third-order valence-electron chi connectivity index (χ3n) is 7.89. The van der Waals surface area contributed by atoms with Gasteiger partial charge in [0.25, 0.3) is 0 Å². The molecule has 47 heavy (non-hydrogen) atoms. The van der Waals surface area contributed by atoms with Crippen molar-refractivity contribution in [3.63, 3.8) is 0 Å². The van der Waals surface area contributed by atoms with Crippen LogP contribution in [-0.4, -0.2) is 44.1 Å². The number of hydrogen-bond acceptors (Lipinski definition) is 5. The average Bonchev–Trinajstić information content (AvgIpc) is 3.52. The fourth-order valence-corrected chi connectivity index (χ4v) is 6.49. The van der Waals surface area contributed by atoms with Crippen molar-refractivity contribution in [3.05, 3.63) is 95.4 Å². The van der Waals surface area contributed by atoms with Crippen LogP contribution in [0.15, 0.2) is 83.7 Å². The van der Waals surface area contributed by atoms with Crippen LogP contribution in [0.5, 0.6) is 5.75 Å². The largest absolute Gasteiger partial charge is 0.573 e.